The molecule has 0 bridgehead atoms. The molecule has 1 heterocycles. The smallest absolute Gasteiger partial charge is 0.0321 e. The summed E-state index contributed by atoms with van der Waals surface area (Å²) in [7, 11) is 2.05. The van der Waals surface area contributed by atoms with Crippen molar-refractivity contribution in [2.75, 3.05) is 7.05 Å². The van der Waals surface area contributed by atoms with Gasteiger partial charge in [-0.05, 0) is 65.9 Å². The molecule has 0 radical (unpaired) electrons. The number of hydrogen-bond donors (Lipinski definition) is 1. The van der Waals surface area contributed by atoms with Crippen LogP contribution in [-0.4, -0.2) is 7.05 Å². The van der Waals surface area contributed by atoms with E-state index < -0.39 is 0 Å². The van der Waals surface area contributed by atoms with Crippen LogP contribution in [0.15, 0.2) is 58.4 Å². The molecule has 0 amide bonds. The molecule has 3 rings (SSSR count). The Morgan fingerprint density at radius 1 is 1.10 bits per heavy atom. The van der Waals surface area contributed by atoms with Crippen molar-refractivity contribution in [2.45, 2.75) is 18.9 Å². The first-order valence-electron chi connectivity index (χ1n) is 7.15. The summed E-state index contributed by atoms with van der Waals surface area (Å²) in [6.07, 6.45) is 2.25. The first-order valence-corrected chi connectivity index (χ1v) is 8.82. The van der Waals surface area contributed by atoms with Crippen LogP contribution in [-0.2, 0) is 6.42 Å². The highest BCUT2D eigenvalue weighted by Gasteiger charge is 2.10. The van der Waals surface area contributed by atoms with Crippen LogP contribution in [0.25, 0.3) is 10.8 Å². The minimum atomic E-state index is 0.403. The van der Waals surface area contributed by atoms with E-state index >= 15 is 0 Å². The molecule has 0 aliphatic heterocycles. The van der Waals surface area contributed by atoms with Gasteiger partial charge in [-0.3, -0.25) is 0 Å². The Bertz CT molecular complexity index is 721. The van der Waals surface area contributed by atoms with Crippen molar-refractivity contribution in [2.24, 2.45) is 0 Å². The molecule has 1 aromatic heterocycles. The van der Waals surface area contributed by atoms with Gasteiger partial charge in [0, 0.05) is 15.4 Å². The summed E-state index contributed by atoms with van der Waals surface area (Å²) in [5.41, 5.74) is 1.36. The minimum absolute atomic E-state index is 0.403. The molecule has 1 unspecified atom stereocenters. The third kappa shape index (κ3) is 3.54. The molecule has 1 atom stereocenters. The Morgan fingerprint density at radius 3 is 2.67 bits per heavy atom. The predicted octanol–water partition coefficient (Wildman–Crippen LogP) is 5.56. The van der Waals surface area contributed by atoms with E-state index in [1.165, 1.54) is 21.2 Å². The number of aryl methyl sites for hydroxylation is 1. The van der Waals surface area contributed by atoms with Gasteiger partial charge in [0.1, 0.15) is 0 Å². The number of thiophene rings is 1. The summed E-state index contributed by atoms with van der Waals surface area (Å²) >= 11 is 5.37. The topological polar surface area (TPSA) is 12.0 Å². The van der Waals surface area contributed by atoms with Crippen LogP contribution in [0.5, 0.6) is 0 Å². The van der Waals surface area contributed by atoms with Crippen molar-refractivity contribution in [1.82, 2.24) is 5.32 Å². The van der Waals surface area contributed by atoms with Gasteiger partial charge in [-0.1, -0.05) is 40.2 Å². The number of fused-ring (bicyclic) bond motifs is 1. The van der Waals surface area contributed by atoms with Gasteiger partial charge in [0.05, 0.1) is 0 Å². The van der Waals surface area contributed by atoms with Gasteiger partial charge < -0.3 is 5.32 Å². The zero-order valence-electron chi connectivity index (χ0n) is 12.0. The molecule has 1 nitrogen and oxygen atoms in total. The van der Waals surface area contributed by atoms with E-state index in [1.807, 2.05) is 18.4 Å². The van der Waals surface area contributed by atoms with E-state index in [-0.39, 0.29) is 0 Å². The summed E-state index contributed by atoms with van der Waals surface area (Å²) in [6, 6.07) is 17.9. The van der Waals surface area contributed by atoms with Crippen LogP contribution in [0.4, 0.5) is 0 Å². The van der Waals surface area contributed by atoms with Crippen molar-refractivity contribution in [1.29, 1.82) is 0 Å². The fourth-order valence-electron chi connectivity index (χ4n) is 2.67. The molecule has 0 fully saturated rings. The maximum atomic E-state index is 3.53. The van der Waals surface area contributed by atoms with Gasteiger partial charge in [0.25, 0.3) is 0 Å². The molecule has 2 aromatic carbocycles. The highest BCUT2D eigenvalue weighted by molar-refractivity contribution is 9.10. The second kappa shape index (κ2) is 6.73. The zero-order chi connectivity index (χ0) is 14.7. The van der Waals surface area contributed by atoms with Gasteiger partial charge in [0.15, 0.2) is 0 Å². The van der Waals surface area contributed by atoms with Crippen molar-refractivity contribution in [3.63, 3.8) is 0 Å². The highest BCUT2D eigenvalue weighted by atomic mass is 79.9. The summed E-state index contributed by atoms with van der Waals surface area (Å²) in [6.45, 7) is 0. The maximum Gasteiger partial charge on any atom is 0.0321 e. The Kier molecular flexibility index (Phi) is 4.73. The Morgan fingerprint density at radius 2 is 1.90 bits per heavy atom. The number of hydrogen-bond acceptors (Lipinski definition) is 2. The standard InChI is InChI=1S/C18H18BrNS/c1-20-18(9-8-17-3-2-10-21-17)15-5-4-14-12-16(19)7-6-13(14)11-15/h2-7,10-12,18,20H,8-9H2,1H3. The molecule has 108 valence electrons. The lowest BCUT2D eigenvalue weighted by Crippen LogP contribution is -2.16. The van der Waals surface area contributed by atoms with E-state index in [4.69, 9.17) is 0 Å². The average molecular weight is 360 g/mol. The summed E-state index contributed by atoms with van der Waals surface area (Å²) < 4.78 is 1.13. The van der Waals surface area contributed by atoms with Crippen molar-refractivity contribution < 1.29 is 0 Å². The molecule has 0 spiro atoms. The number of halogens is 1. The van der Waals surface area contributed by atoms with Crippen LogP contribution < -0.4 is 5.32 Å². The lowest BCUT2D eigenvalue weighted by Gasteiger charge is -2.17. The summed E-state index contributed by atoms with van der Waals surface area (Å²) in [5.74, 6) is 0. The van der Waals surface area contributed by atoms with Crippen LogP contribution >= 0.6 is 27.3 Å². The van der Waals surface area contributed by atoms with Gasteiger partial charge >= 0.3 is 0 Å². The van der Waals surface area contributed by atoms with Crippen LogP contribution in [0.2, 0.25) is 0 Å². The molecule has 1 N–H and O–H groups in total. The van der Waals surface area contributed by atoms with E-state index in [0.717, 1.165) is 17.3 Å². The van der Waals surface area contributed by atoms with E-state index in [9.17, 15) is 0 Å². The van der Waals surface area contributed by atoms with Crippen LogP contribution in [0.3, 0.4) is 0 Å². The number of rotatable bonds is 5. The Hall–Kier alpha value is -1.16. The maximum absolute atomic E-state index is 3.53. The van der Waals surface area contributed by atoms with Crippen molar-refractivity contribution in [3.8, 4) is 0 Å². The molecule has 0 saturated carbocycles. The summed E-state index contributed by atoms with van der Waals surface area (Å²) in [4.78, 5) is 1.46. The quantitative estimate of drug-likeness (QED) is 0.628. The molecular weight excluding hydrogens is 342 g/mol. The van der Waals surface area contributed by atoms with Gasteiger partial charge in [-0.25, -0.2) is 0 Å². The van der Waals surface area contributed by atoms with Gasteiger partial charge in [0.2, 0.25) is 0 Å². The number of benzene rings is 2. The highest BCUT2D eigenvalue weighted by Crippen LogP contribution is 2.26. The molecule has 0 aliphatic carbocycles. The first-order chi connectivity index (χ1) is 10.3. The molecule has 3 aromatic rings. The fourth-order valence-corrected chi connectivity index (χ4v) is 3.77. The Balaban J connectivity index is 1.81. The third-order valence-corrected chi connectivity index (χ3v) is 5.27. The second-order valence-electron chi connectivity index (χ2n) is 5.21. The predicted molar refractivity (Wildman–Crippen MR) is 96.1 cm³/mol. The van der Waals surface area contributed by atoms with Crippen molar-refractivity contribution in [3.05, 3.63) is 68.8 Å². The summed E-state index contributed by atoms with van der Waals surface area (Å²) in [5, 5.41) is 8.18. The monoisotopic (exact) mass is 359 g/mol. The SMILES string of the molecule is CNC(CCc1cccs1)c1ccc2cc(Br)ccc2c1. The van der Waals surface area contributed by atoms with Crippen molar-refractivity contribution >= 4 is 38.0 Å². The molecule has 21 heavy (non-hydrogen) atoms. The van der Waals surface area contributed by atoms with Gasteiger partial charge in [-0.2, -0.15) is 0 Å². The minimum Gasteiger partial charge on any atom is -0.313 e. The zero-order valence-corrected chi connectivity index (χ0v) is 14.4. The largest absolute Gasteiger partial charge is 0.313 e. The lowest BCUT2D eigenvalue weighted by atomic mass is 9.98. The lowest BCUT2D eigenvalue weighted by molar-refractivity contribution is 0.552. The third-order valence-electron chi connectivity index (χ3n) is 3.84. The van der Waals surface area contributed by atoms with Crippen LogP contribution in [0.1, 0.15) is 22.9 Å². The normalized spacial score (nSPS) is 12.7. The number of nitrogens with one attached hydrogen (secondary N) is 1. The van der Waals surface area contributed by atoms with E-state index in [2.05, 4.69) is 75.2 Å². The first kappa shape index (κ1) is 14.8. The molecule has 3 heteroatoms. The molecule has 0 saturated heterocycles. The molecule has 0 aliphatic rings. The fraction of sp³-hybridized carbons (Fsp3) is 0.222. The molecular formula is C18H18BrNS. The van der Waals surface area contributed by atoms with Gasteiger partial charge in [-0.15, -0.1) is 11.3 Å². The van der Waals surface area contributed by atoms with E-state index in [0.29, 0.717) is 6.04 Å². The average Bonchev–Trinajstić information content (AvgIpc) is 3.01. The van der Waals surface area contributed by atoms with E-state index in [1.54, 1.807) is 0 Å². The Labute approximate surface area is 138 Å². The van der Waals surface area contributed by atoms with Crippen LogP contribution in [0, 0.1) is 0 Å². The second-order valence-corrected chi connectivity index (χ2v) is 7.16.